The molecule has 0 aromatic heterocycles. The molecule has 2 amide bonds. The number of hydrogen-bond acceptors (Lipinski definition) is 4. The van der Waals surface area contributed by atoms with E-state index in [9.17, 15) is 22.4 Å². The zero-order valence-corrected chi connectivity index (χ0v) is 24.9. The SMILES string of the molecule is CCCNC(=O)[C@H](CC)N(Cc1ccc(Cl)c(Cl)c1)C(=O)CN(c1ccc(C)cc1)S(=O)(=O)c1ccc(F)cc1. The lowest BCUT2D eigenvalue weighted by Crippen LogP contribution is -2.52. The van der Waals surface area contributed by atoms with Crippen LogP contribution in [-0.4, -0.2) is 44.3 Å². The monoisotopic (exact) mass is 607 g/mol. The fourth-order valence-electron chi connectivity index (χ4n) is 4.09. The van der Waals surface area contributed by atoms with Crippen molar-refractivity contribution in [1.82, 2.24) is 10.2 Å². The maximum atomic E-state index is 14.0. The van der Waals surface area contributed by atoms with Gasteiger partial charge < -0.3 is 10.2 Å². The molecule has 0 bridgehead atoms. The molecule has 0 aliphatic rings. The highest BCUT2D eigenvalue weighted by Gasteiger charge is 2.33. The van der Waals surface area contributed by atoms with E-state index in [-0.39, 0.29) is 34.5 Å². The van der Waals surface area contributed by atoms with Gasteiger partial charge in [0.15, 0.2) is 0 Å². The summed E-state index contributed by atoms with van der Waals surface area (Å²) in [5.74, 6) is -1.54. The Morgan fingerprint density at radius 1 is 0.950 bits per heavy atom. The molecule has 3 aromatic carbocycles. The minimum absolute atomic E-state index is 0.00783. The van der Waals surface area contributed by atoms with Gasteiger partial charge in [-0.3, -0.25) is 13.9 Å². The summed E-state index contributed by atoms with van der Waals surface area (Å²) in [6.45, 7) is 5.37. The van der Waals surface area contributed by atoms with Gasteiger partial charge in [0.05, 0.1) is 20.6 Å². The van der Waals surface area contributed by atoms with E-state index >= 15 is 0 Å². The second-order valence-electron chi connectivity index (χ2n) is 9.29. The Morgan fingerprint density at radius 2 is 1.60 bits per heavy atom. The highest BCUT2D eigenvalue weighted by molar-refractivity contribution is 7.92. The number of nitrogens with zero attached hydrogens (tertiary/aromatic N) is 2. The van der Waals surface area contributed by atoms with Crippen molar-refractivity contribution >= 4 is 50.7 Å². The van der Waals surface area contributed by atoms with Gasteiger partial charge in [0.25, 0.3) is 10.0 Å². The van der Waals surface area contributed by atoms with Crippen molar-refractivity contribution < 1.29 is 22.4 Å². The minimum Gasteiger partial charge on any atom is -0.354 e. The largest absolute Gasteiger partial charge is 0.354 e. The molecule has 0 unspecified atom stereocenters. The lowest BCUT2D eigenvalue weighted by Gasteiger charge is -2.33. The van der Waals surface area contributed by atoms with Crippen LogP contribution >= 0.6 is 23.2 Å². The van der Waals surface area contributed by atoms with Crippen molar-refractivity contribution in [3.8, 4) is 0 Å². The predicted molar refractivity (Wildman–Crippen MR) is 157 cm³/mol. The molecule has 0 saturated carbocycles. The van der Waals surface area contributed by atoms with Crippen LogP contribution in [0.4, 0.5) is 10.1 Å². The fraction of sp³-hybridized carbons (Fsp3) is 0.310. The molecule has 7 nitrogen and oxygen atoms in total. The zero-order chi connectivity index (χ0) is 29.4. The number of amides is 2. The third-order valence-electron chi connectivity index (χ3n) is 6.27. The van der Waals surface area contributed by atoms with E-state index < -0.39 is 34.3 Å². The third kappa shape index (κ3) is 7.74. The smallest absolute Gasteiger partial charge is 0.264 e. The third-order valence-corrected chi connectivity index (χ3v) is 8.80. The van der Waals surface area contributed by atoms with Gasteiger partial charge in [0.1, 0.15) is 18.4 Å². The van der Waals surface area contributed by atoms with Crippen molar-refractivity contribution in [2.45, 2.75) is 51.1 Å². The molecule has 214 valence electrons. The summed E-state index contributed by atoms with van der Waals surface area (Å²) < 4.78 is 42.1. The van der Waals surface area contributed by atoms with Crippen molar-refractivity contribution in [1.29, 1.82) is 0 Å². The van der Waals surface area contributed by atoms with Gasteiger partial charge in [-0.2, -0.15) is 0 Å². The molecule has 0 saturated heterocycles. The van der Waals surface area contributed by atoms with Gasteiger partial charge in [-0.15, -0.1) is 0 Å². The number of sulfonamides is 1. The van der Waals surface area contributed by atoms with Crippen molar-refractivity contribution in [3.63, 3.8) is 0 Å². The Hall–Kier alpha value is -3.14. The van der Waals surface area contributed by atoms with Gasteiger partial charge in [-0.1, -0.05) is 60.8 Å². The van der Waals surface area contributed by atoms with Crippen molar-refractivity contribution in [3.05, 3.63) is 93.7 Å². The van der Waals surface area contributed by atoms with Crippen LogP contribution < -0.4 is 9.62 Å². The molecule has 0 spiro atoms. The first-order valence-electron chi connectivity index (χ1n) is 12.8. The van der Waals surface area contributed by atoms with Gasteiger partial charge in [0.2, 0.25) is 11.8 Å². The van der Waals surface area contributed by atoms with Crippen molar-refractivity contribution in [2.75, 3.05) is 17.4 Å². The summed E-state index contributed by atoms with van der Waals surface area (Å²) in [6, 6.07) is 15.1. The number of aryl methyl sites for hydroxylation is 1. The summed E-state index contributed by atoms with van der Waals surface area (Å²) in [6.07, 6.45) is 0.998. The van der Waals surface area contributed by atoms with Crippen LogP contribution in [-0.2, 0) is 26.2 Å². The second-order valence-corrected chi connectivity index (χ2v) is 12.0. The van der Waals surface area contributed by atoms with Crippen molar-refractivity contribution in [2.24, 2.45) is 0 Å². The lowest BCUT2D eigenvalue weighted by molar-refractivity contribution is -0.140. The number of carbonyl (C=O) groups excluding carboxylic acids is 2. The number of halogens is 3. The molecule has 1 N–H and O–H groups in total. The summed E-state index contributed by atoms with van der Waals surface area (Å²) in [4.78, 5) is 28.3. The number of carbonyl (C=O) groups is 2. The van der Waals surface area contributed by atoms with Gasteiger partial charge in [-0.25, -0.2) is 12.8 Å². The van der Waals surface area contributed by atoms with Gasteiger partial charge >= 0.3 is 0 Å². The Bertz CT molecular complexity index is 1430. The zero-order valence-electron chi connectivity index (χ0n) is 22.5. The molecule has 3 rings (SSSR count). The Morgan fingerprint density at radius 3 is 2.17 bits per heavy atom. The molecule has 0 radical (unpaired) electrons. The molecule has 3 aromatic rings. The average Bonchev–Trinajstić information content (AvgIpc) is 2.93. The number of anilines is 1. The second kappa shape index (κ2) is 14.0. The maximum absolute atomic E-state index is 14.0. The Labute approximate surface area is 244 Å². The first kappa shape index (κ1) is 31.4. The van der Waals surface area contributed by atoms with Gasteiger partial charge in [0, 0.05) is 13.1 Å². The predicted octanol–water partition coefficient (Wildman–Crippen LogP) is 5.97. The van der Waals surface area contributed by atoms with E-state index in [0.29, 0.717) is 23.6 Å². The summed E-state index contributed by atoms with van der Waals surface area (Å²) in [7, 11) is -4.28. The fourth-order valence-corrected chi connectivity index (χ4v) is 5.83. The topological polar surface area (TPSA) is 86.8 Å². The Balaban J connectivity index is 2.06. The molecule has 1 atom stereocenters. The molecular weight excluding hydrogens is 576 g/mol. The normalized spacial score (nSPS) is 12.1. The summed E-state index contributed by atoms with van der Waals surface area (Å²) in [5, 5.41) is 3.46. The highest BCUT2D eigenvalue weighted by Crippen LogP contribution is 2.27. The van der Waals surface area contributed by atoms with Crippen LogP contribution in [0.5, 0.6) is 0 Å². The number of benzene rings is 3. The van der Waals surface area contributed by atoms with Crippen LogP contribution in [0.25, 0.3) is 0 Å². The van der Waals surface area contributed by atoms with E-state index in [1.807, 2.05) is 13.8 Å². The van der Waals surface area contributed by atoms with E-state index in [0.717, 1.165) is 34.1 Å². The standard InChI is InChI=1S/C29H32Cl2FN3O4S/c1-4-16-33-29(37)27(5-2)34(18-21-8-15-25(30)26(31)17-21)28(36)19-35(23-11-6-20(3)7-12-23)40(38,39)24-13-9-22(32)10-14-24/h6-15,17,27H,4-5,16,18-19H2,1-3H3,(H,33,37)/t27-/m0/s1. The average molecular weight is 609 g/mol. The lowest BCUT2D eigenvalue weighted by atomic mass is 10.1. The summed E-state index contributed by atoms with van der Waals surface area (Å²) >= 11 is 12.3. The molecule has 11 heteroatoms. The van der Waals surface area contributed by atoms with E-state index in [1.165, 1.54) is 4.90 Å². The van der Waals surface area contributed by atoms with E-state index in [1.54, 1.807) is 49.4 Å². The number of hydrogen-bond donors (Lipinski definition) is 1. The highest BCUT2D eigenvalue weighted by atomic mass is 35.5. The summed E-state index contributed by atoms with van der Waals surface area (Å²) in [5.41, 5.74) is 1.77. The molecule has 0 aliphatic heterocycles. The van der Waals surface area contributed by atoms with E-state index in [2.05, 4.69) is 5.32 Å². The number of rotatable bonds is 12. The Kier molecular flexibility index (Phi) is 11.0. The molecule has 0 heterocycles. The van der Waals surface area contributed by atoms with E-state index in [4.69, 9.17) is 23.2 Å². The minimum atomic E-state index is -4.28. The van der Waals surface area contributed by atoms with Crippen LogP contribution in [0.2, 0.25) is 10.0 Å². The number of nitrogens with one attached hydrogen (secondary N) is 1. The van der Waals surface area contributed by atoms with Crippen LogP contribution in [0.3, 0.4) is 0 Å². The first-order valence-corrected chi connectivity index (χ1v) is 15.0. The molecule has 40 heavy (non-hydrogen) atoms. The molecule has 0 fully saturated rings. The quantitative estimate of drug-likeness (QED) is 0.275. The van der Waals surface area contributed by atoms with Crippen LogP contribution in [0.15, 0.2) is 71.6 Å². The van der Waals surface area contributed by atoms with Crippen LogP contribution in [0, 0.1) is 12.7 Å². The first-order chi connectivity index (χ1) is 19.0. The van der Waals surface area contributed by atoms with Crippen LogP contribution in [0.1, 0.15) is 37.8 Å². The molecular formula is C29H32Cl2FN3O4S. The molecule has 0 aliphatic carbocycles. The van der Waals surface area contributed by atoms with Gasteiger partial charge in [-0.05, 0) is 73.9 Å². The maximum Gasteiger partial charge on any atom is 0.264 e.